The number of allylic oxidation sites excluding steroid dienone is 1. The van der Waals surface area contributed by atoms with Crippen LogP contribution in [-0.4, -0.2) is 9.91 Å². The number of H-pyrrole nitrogens is 1. The SMILES string of the molecule is C/C(=C/c1c[nH]c2c(OCc3ccccc3)cccc12)[N+](=O)[O-]. The van der Waals surface area contributed by atoms with E-state index in [0.717, 1.165) is 27.8 Å². The second-order valence-electron chi connectivity index (χ2n) is 5.24. The van der Waals surface area contributed by atoms with E-state index < -0.39 is 4.92 Å². The minimum atomic E-state index is -0.394. The van der Waals surface area contributed by atoms with Gasteiger partial charge in [-0.2, -0.15) is 0 Å². The van der Waals surface area contributed by atoms with E-state index in [0.29, 0.717) is 6.61 Å². The molecule has 0 amide bonds. The Morgan fingerprint density at radius 1 is 1.22 bits per heavy atom. The molecular weight excluding hydrogens is 292 g/mol. The zero-order valence-electron chi connectivity index (χ0n) is 12.7. The van der Waals surface area contributed by atoms with Gasteiger partial charge in [-0.3, -0.25) is 10.1 Å². The highest BCUT2D eigenvalue weighted by atomic mass is 16.6. The molecule has 0 bridgehead atoms. The van der Waals surface area contributed by atoms with Crippen LogP contribution in [0.4, 0.5) is 0 Å². The molecule has 3 aromatic rings. The molecule has 5 heteroatoms. The van der Waals surface area contributed by atoms with Crippen molar-refractivity contribution in [2.75, 3.05) is 0 Å². The Hall–Kier alpha value is -3.08. The van der Waals surface area contributed by atoms with E-state index in [4.69, 9.17) is 4.74 Å². The van der Waals surface area contributed by atoms with E-state index >= 15 is 0 Å². The number of benzene rings is 2. The molecule has 3 rings (SSSR count). The second-order valence-corrected chi connectivity index (χ2v) is 5.24. The van der Waals surface area contributed by atoms with Gasteiger partial charge < -0.3 is 9.72 Å². The van der Waals surface area contributed by atoms with Gasteiger partial charge in [0.2, 0.25) is 5.70 Å². The fraction of sp³-hybridized carbons (Fsp3) is 0.111. The van der Waals surface area contributed by atoms with E-state index in [1.165, 1.54) is 6.92 Å². The number of hydrogen-bond acceptors (Lipinski definition) is 3. The van der Waals surface area contributed by atoms with Crippen molar-refractivity contribution in [3.05, 3.63) is 81.7 Å². The van der Waals surface area contributed by atoms with Crippen LogP contribution in [0.2, 0.25) is 0 Å². The zero-order chi connectivity index (χ0) is 16.2. The molecule has 0 aliphatic carbocycles. The first kappa shape index (κ1) is 14.8. The molecule has 0 saturated heterocycles. The molecule has 0 radical (unpaired) electrons. The summed E-state index contributed by atoms with van der Waals surface area (Å²) in [6.45, 7) is 1.95. The third-order valence-electron chi connectivity index (χ3n) is 3.60. The summed E-state index contributed by atoms with van der Waals surface area (Å²) in [6, 6.07) is 15.6. The Morgan fingerprint density at radius 2 is 2.00 bits per heavy atom. The number of nitro groups is 1. The molecule has 23 heavy (non-hydrogen) atoms. The normalized spacial score (nSPS) is 11.6. The summed E-state index contributed by atoms with van der Waals surface area (Å²) in [5.74, 6) is 0.727. The molecule has 116 valence electrons. The van der Waals surface area contributed by atoms with Crippen LogP contribution in [0.1, 0.15) is 18.1 Å². The van der Waals surface area contributed by atoms with Crippen LogP contribution >= 0.6 is 0 Å². The van der Waals surface area contributed by atoms with Gasteiger partial charge in [0.25, 0.3) is 0 Å². The van der Waals surface area contributed by atoms with Crippen molar-refractivity contribution < 1.29 is 9.66 Å². The lowest BCUT2D eigenvalue weighted by atomic mass is 10.1. The maximum Gasteiger partial charge on any atom is 0.243 e. The number of rotatable bonds is 5. The van der Waals surface area contributed by atoms with Gasteiger partial charge in [0, 0.05) is 30.1 Å². The average molecular weight is 308 g/mol. The first-order chi connectivity index (χ1) is 11.1. The van der Waals surface area contributed by atoms with Gasteiger partial charge in [-0.05, 0) is 11.6 Å². The summed E-state index contributed by atoms with van der Waals surface area (Å²) in [6.07, 6.45) is 3.31. The standard InChI is InChI=1S/C18H16N2O3/c1-13(20(21)22)10-15-11-19-18-16(15)8-5-9-17(18)23-12-14-6-3-2-4-7-14/h2-11,19H,12H2,1H3/b13-10-. The molecule has 0 spiro atoms. The smallest absolute Gasteiger partial charge is 0.243 e. The molecule has 0 saturated carbocycles. The maximum atomic E-state index is 10.8. The van der Waals surface area contributed by atoms with Gasteiger partial charge in [0.05, 0.1) is 10.4 Å². The zero-order valence-corrected chi connectivity index (χ0v) is 12.7. The number of aromatic nitrogens is 1. The lowest BCUT2D eigenvalue weighted by molar-refractivity contribution is -0.422. The lowest BCUT2D eigenvalue weighted by Gasteiger charge is -2.07. The van der Waals surface area contributed by atoms with Crippen molar-refractivity contribution in [1.29, 1.82) is 0 Å². The molecule has 0 aliphatic rings. The molecule has 1 N–H and O–H groups in total. The van der Waals surface area contributed by atoms with Gasteiger partial charge in [-0.25, -0.2) is 0 Å². The Morgan fingerprint density at radius 3 is 2.74 bits per heavy atom. The number of fused-ring (bicyclic) bond motifs is 1. The molecule has 0 fully saturated rings. The topological polar surface area (TPSA) is 68.2 Å². The summed E-state index contributed by atoms with van der Waals surface area (Å²) < 4.78 is 5.89. The largest absolute Gasteiger partial charge is 0.487 e. The number of aromatic amines is 1. The van der Waals surface area contributed by atoms with Crippen LogP contribution in [0, 0.1) is 10.1 Å². The van der Waals surface area contributed by atoms with Crippen LogP contribution < -0.4 is 4.74 Å². The third-order valence-corrected chi connectivity index (χ3v) is 3.60. The molecule has 1 aromatic heterocycles. The summed E-state index contributed by atoms with van der Waals surface area (Å²) in [5.41, 5.74) is 2.80. The first-order valence-corrected chi connectivity index (χ1v) is 7.24. The number of ether oxygens (including phenoxy) is 1. The molecular formula is C18H16N2O3. The highest BCUT2D eigenvalue weighted by Crippen LogP contribution is 2.29. The van der Waals surface area contributed by atoms with Crippen molar-refractivity contribution in [1.82, 2.24) is 4.98 Å². The quantitative estimate of drug-likeness (QED) is 0.561. The highest BCUT2D eigenvalue weighted by Gasteiger charge is 2.10. The van der Waals surface area contributed by atoms with Gasteiger partial charge in [-0.1, -0.05) is 42.5 Å². The minimum Gasteiger partial charge on any atom is -0.487 e. The highest BCUT2D eigenvalue weighted by molar-refractivity contribution is 5.92. The molecule has 1 heterocycles. The van der Waals surface area contributed by atoms with Crippen LogP contribution in [0.5, 0.6) is 5.75 Å². The number of nitrogens with zero attached hydrogens (tertiary/aromatic N) is 1. The summed E-state index contributed by atoms with van der Waals surface area (Å²) in [5, 5.41) is 11.7. The van der Waals surface area contributed by atoms with E-state index in [9.17, 15) is 10.1 Å². The Labute approximate surface area is 133 Å². The van der Waals surface area contributed by atoms with Crippen molar-refractivity contribution in [2.45, 2.75) is 13.5 Å². The van der Waals surface area contributed by atoms with Crippen LogP contribution in [0.15, 0.2) is 60.4 Å². The van der Waals surface area contributed by atoms with Gasteiger partial charge in [0.1, 0.15) is 12.4 Å². The van der Waals surface area contributed by atoms with Crippen LogP contribution in [-0.2, 0) is 6.61 Å². The Kier molecular flexibility index (Phi) is 4.10. The molecule has 0 aliphatic heterocycles. The predicted octanol–water partition coefficient (Wildman–Crippen LogP) is 4.38. The summed E-state index contributed by atoms with van der Waals surface area (Å²) in [4.78, 5) is 13.5. The third kappa shape index (κ3) is 3.23. The van der Waals surface area contributed by atoms with Crippen molar-refractivity contribution in [3.8, 4) is 5.75 Å². The van der Waals surface area contributed by atoms with Crippen molar-refractivity contribution in [2.24, 2.45) is 0 Å². The number of para-hydroxylation sites is 1. The number of nitrogens with one attached hydrogen (secondary N) is 1. The predicted molar refractivity (Wildman–Crippen MR) is 89.7 cm³/mol. The van der Waals surface area contributed by atoms with E-state index in [-0.39, 0.29) is 5.70 Å². The van der Waals surface area contributed by atoms with Gasteiger partial charge >= 0.3 is 0 Å². The molecule has 5 nitrogen and oxygen atoms in total. The maximum absolute atomic E-state index is 10.8. The van der Waals surface area contributed by atoms with Gasteiger partial charge in [-0.15, -0.1) is 0 Å². The monoisotopic (exact) mass is 308 g/mol. The van der Waals surface area contributed by atoms with Crippen molar-refractivity contribution >= 4 is 17.0 Å². The summed E-state index contributed by atoms with van der Waals surface area (Å²) >= 11 is 0. The van der Waals surface area contributed by atoms with E-state index in [1.807, 2.05) is 48.5 Å². The molecule has 0 atom stereocenters. The minimum absolute atomic E-state index is 0.0986. The van der Waals surface area contributed by atoms with Crippen LogP contribution in [0.3, 0.4) is 0 Å². The first-order valence-electron chi connectivity index (χ1n) is 7.24. The molecule has 0 unspecified atom stereocenters. The lowest BCUT2D eigenvalue weighted by Crippen LogP contribution is -1.95. The fourth-order valence-corrected chi connectivity index (χ4v) is 2.40. The van der Waals surface area contributed by atoms with E-state index in [1.54, 1.807) is 12.3 Å². The average Bonchev–Trinajstić information content (AvgIpc) is 2.97. The van der Waals surface area contributed by atoms with E-state index in [2.05, 4.69) is 4.98 Å². The van der Waals surface area contributed by atoms with Crippen molar-refractivity contribution in [3.63, 3.8) is 0 Å². The Bertz CT molecular complexity index is 866. The Balaban J connectivity index is 1.89. The van der Waals surface area contributed by atoms with Gasteiger partial charge in [0.15, 0.2) is 0 Å². The van der Waals surface area contributed by atoms with Crippen LogP contribution in [0.25, 0.3) is 17.0 Å². The molecule has 2 aromatic carbocycles. The summed E-state index contributed by atoms with van der Waals surface area (Å²) in [7, 11) is 0. The number of hydrogen-bond donors (Lipinski definition) is 1. The fourth-order valence-electron chi connectivity index (χ4n) is 2.40. The second kappa shape index (κ2) is 6.36.